The van der Waals surface area contributed by atoms with Crippen molar-refractivity contribution in [3.8, 4) is 0 Å². The van der Waals surface area contributed by atoms with Crippen molar-refractivity contribution in [1.82, 2.24) is 14.9 Å². The molecule has 8 heteroatoms. The van der Waals surface area contributed by atoms with E-state index in [1.807, 2.05) is 30.3 Å². The van der Waals surface area contributed by atoms with Crippen molar-refractivity contribution in [2.24, 2.45) is 5.92 Å². The van der Waals surface area contributed by atoms with Gasteiger partial charge in [0.25, 0.3) is 0 Å². The molecule has 3 heterocycles. The molecular weight excluding hydrogens is 376 g/mol. The van der Waals surface area contributed by atoms with Crippen LogP contribution in [0.15, 0.2) is 36.5 Å². The van der Waals surface area contributed by atoms with Crippen LogP contribution in [0.2, 0.25) is 0 Å². The number of aromatic nitrogens is 2. The third-order valence-corrected chi connectivity index (χ3v) is 8.24. The lowest BCUT2D eigenvalue weighted by molar-refractivity contribution is -0.137. The van der Waals surface area contributed by atoms with Crippen molar-refractivity contribution in [3.63, 3.8) is 0 Å². The van der Waals surface area contributed by atoms with E-state index in [0.29, 0.717) is 18.1 Å². The van der Waals surface area contributed by atoms with Crippen molar-refractivity contribution < 1.29 is 13.2 Å². The fourth-order valence-corrected chi connectivity index (χ4v) is 6.37. The number of rotatable bonds is 3. The molecule has 1 aromatic carbocycles. The second kappa shape index (κ2) is 6.55. The van der Waals surface area contributed by atoms with Gasteiger partial charge in [0.2, 0.25) is 11.9 Å². The van der Waals surface area contributed by atoms with E-state index in [4.69, 9.17) is 0 Å². The Kier molecular flexibility index (Phi) is 4.12. The predicted molar refractivity (Wildman–Crippen MR) is 105 cm³/mol. The molecule has 1 saturated heterocycles. The fourth-order valence-electron chi connectivity index (χ4n) is 4.38. The first-order chi connectivity index (χ1) is 13.5. The number of nitrogens with one attached hydrogen (secondary N) is 1. The Morgan fingerprint density at radius 3 is 2.64 bits per heavy atom. The third-order valence-electron chi connectivity index (χ3n) is 6.13. The minimum Gasteiger partial charge on any atom is -0.340 e. The number of para-hydroxylation sites is 1. The second-order valence-electron chi connectivity index (χ2n) is 7.92. The van der Waals surface area contributed by atoms with Crippen molar-refractivity contribution in [1.29, 1.82) is 0 Å². The number of benzene rings is 1. The van der Waals surface area contributed by atoms with Crippen molar-refractivity contribution in [2.45, 2.75) is 36.2 Å². The Hall–Kier alpha value is -2.48. The number of amides is 1. The Bertz CT molecular complexity index is 1020. The Balaban J connectivity index is 1.46. The molecule has 0 unspecified atom stereocenters. The summed E-state index contributed by atoms with van der Waals surface area (Å²) >= 11 is 0. The van der Waals surface area contributed by atoms with Gasteiger partial charge >= 0.3 is 0 Å². The van der Waals surface area contributed by atoms with Gasteiger partial charge in [0.05, 0.1) is 16.7 Å². The Labute approximate surface area is 164 Å². The maximum atomic E-state index is 12.8. The van der Waals surface area contributed by atoms with Crippen LogP contribution in [0.5, 0.6) is 0 Å². The summed E-state index contributed by atoms with van der Waals surface area (Å²) in [5, 5.41) is 2.61. The van der Waals surface area contributed by atoms with Crippen molar-refractivity contribution in [2.75, 3.05) is 18.4 Å². The lowest BCUT2D eigenvalue weighted by atomic mass is 9.84. The van der Waals surface area contributed by atoms with Gasteiger partial charge in [0.15, 0.2) is 9.84 Å². The van der Waals surface area contributed by atoms with Crippen LogP contribution in [-0.4, -0.2) is 47.5 Å². The largest absolute Gasteiger partial charge is 0.340 e. The molecule has 0 bridgehead atoms. The lowest BCUT2D eigenvalue weighted by Gasteiger charge is -2.29. The zero-order chi connectivity index (χ0) is 19.3. The van der Waals surface area contributed by atoms with E-state index in [-0.39, 0.29) is 30.0 Å². The summed E-state index contributed by atoms with van der Waals surface area (Å²) < 4.78 is 25.6. The average molecular weight is 398 g/mol. The smallest absolute Gasteiger partial charge is 0.227 e. The third kappa shape index (κ3) is 2.96. The molecule has 2 atom stereocenters. The van der Waals surface area contributed by atoms with Gasteiger partial charge in [0.1, 0.15) is 0 Å². The molecule has 2 aliphatic heterocycles. The number of likely N-dealkylation sites (tertiary alicyclic amines) is 1. The number of sulfone groups is 1. The minimum atomic E-state index is -3.32. The quantitative estimate of drug-likeness (QED) is 0.853. The van der Waals surface area contributed by atoms with Gasteiger partial charge in [-0.1, -0.05) is 24.6 Å². The monoisotopic (exact) mass is 398 g/mol. The summed E-state index contributed by atoms with van der Waals surface area (Å²) in [7, 11) is -3.32. The van der Waals surface area contributed by atoms with Gasteiger partial charge in [0, 0.05) is 42.4 Å². The average Bonchev–Trinajstić information content (AvgIpc) is 3.09. The van der Waals surface area contributed by atoms with Crippen LogP contribution in [0.25, 0.3) is 0 Å². The molecule has 2 aromatic rings. The van der Waals surface area contributed by atoms with Gasteiger partial charge in [-0.15, -0.1) is 0 Å². The molecule has 1 aliphatic carbocycles. The summed E-state index contributed by atoms with van der Waals surface area (Å²) in [5.41, 5.74) is 2.28. The molecule has 3 aliphatic rings. The van der Waals surface area contributed by atoms with E-state index in [2.05, 4.69) is 15.3 Å². The number of carbonyl (C=O) groups is 1. The van der Waals surface area contributed by atoms with Crippen LogP contribution in [0.3, 0.4) is 0 Å². The van der Waals surface area contributed by atoms with E-state index in [1.165, 1.54) is 0 Å². The van der Waals surface area contributed by atoms with Gasteiger partial charge in [-0.3, -0.25) is 4.79 Å². The van der Waals surface area contributed by atoms with Crippen molar-refractivity contribution in [3.05, 3.63) is 47.8 Å². The van der Waals surface area contributed by atoms with Crippen LogP contribution >= 0.6 is 0 Å². The summed E-state index contributed by atoms with van der Waals surface area (Å²) in [6, 6.07) is 9.62. The number of hydrogen-bond acceptors (Lipinski definition) is 6. The molecule has 1 aromatic heterocycles. The highest BCUT2D eigenvalue weighted by Crippen LogP contribution is 2.41. The number of carbonyl (C=O) groups excluding carboxylic acids is 1. The summed E-state index contributed by atoms with van der Waals surface area (Å²) in [5.74, 6) is 0.293. The van der Waals surface area contributed by atoms with Crippen LogP contribution in [-0.2, 0) is 20.4 Å². The first-order valence-electron chi connectivity index (χ1n) is 9.69. The highest BCUT2D eigenvalue weighted by atomic mass is 32.2. The molecule has 0 spiro atoms. The topological polar surface area (TPSA) is 92.3 Å². The highest BCUT2D eigenvalue weighted by Gasteiger charge is 2.49. The lowest BCUT2D eigenvalue weighted by Crippen LogP contribution is -2.39. The zero-order valence-corrected chi connectivity index (χ0v) is 16.2. The van der Waals surface area contributed by atoms with E-state index in [9.17, 15) is 13.2 Å². The first-order valence-corrected chi connectivity index (χ1v) is 11.4. The molecule has 28 heavy (non-hydrogen) atoms. The van der Waals surface area contributed by atoms with Gasteiger partial charge in [-0.05, 0) is 25.0 Å². The molecule has 0 radical (unpaired) electrons. The molecule has 1 N–H and O–H groups in total. The van der Waals surface area contributed by atoms with Crippen LogP contribution in [0, 0.1) is 5.92 Å². The summed E-state index contributed by atoms with van der Waals surface area (Å²) in [6.45, 7) is 0.710. The highest BCUT2D eigenvalue weighted by molar-refractivity contribution is 7.91. The van der Waals surface area contributed by atoms with E-state index < -0.39 is 15.1 Å². The molecule has 7 nitrogen and oxygen atoms in total. The molecule has 146 valence electrons. The van der Waals surface area contributed by atoms with E-state index in [0.717, 1.165) is 30.6 Å². The van der Waals surface area contributed by atoms with Gasteiger partial charge in [-0.25, -0.2) is 18.4 Å². The maximum Gasteiger partial charge on any atom is 0.227 e. The number of fused-ring (bicyclic) bond motifs is 3. The predicted octanol–water partition coefficient (Wildman–Crippen LogP) is 2.24. The summed E-state index contributed by atoms with van der Waals surface area (Å²) in [6.07, 6.45) is 4.53. The van der Waals surface area contributed by atoms with Crippen LogP contribution in [0.1, 0.15) is 36.4 Å². The van der Waals surface area contributed by atoms with E-state index in [1.54, 1.807) is 11.1 Å². The molecule has 2 fully saturated rings. The summed E-state index contributed by atoms with van der Waals surface area (Å²) in [4.78, 5) is 23.4. The van der Waals surface area contributed by atoms with Gasteiger partial charge in [-0.2, -0.15) is 0 Å². The Morgan fingerprint density at radius 1 is 1.14 bits per heavy atom. The van der Waals surface area contributed by atoms with E-state index >= 15 is 0 Å². The zero-order valence-electron chi connectivity index (χ0n) is 15.4. The fraction of sp³-hybridized carbons (Fsp3) is 0.450. The number of hydrogen-bond donors (Lipinski definition) is 1. The standard InChI is InChI=1S/C20H22N4O3S/c25-19(13-5-4-6-13)24-10-16-17(11-24)28(26,27)12-14-9-21-20(23-18(14)16)22-15-7-2-1-3-8-15/h1-3,7-9,13,16-17H,4-6,10-12H2,(H,21,22,23)/t16-,17+/m1/s1. The second-order valence-corrected chi connectivity index (χ2v) is 10.1. The van der Waals surface area contributed by atoms with Crippen molar-refractivity contribution >= 4 is 27.4 Å². The number of nitrogens with zero attached hydrogens (tertiary/aromatic N) is 3. The van der Waals surface area contributed by atoms with Crippen LogP contribution < -0.4 is 5.32 Å². The molecular formula is C20H22N4O3S. The van der Waals surface area contributed by atoms with Gasteiger partial charge < -0.3 is 10.2 Å². The molecule has 1 amide bonds. The minimum absolute atomic E-state index is 0.0550. The van der Waals surface area contributed by atoms with Crippen LogP contribution in [0.4, 0.5) is 11.6 Å². The molecule has 5 rings (SSSR count). The first kappa shape index (κ1) is 17.6. The SMILES string of the molecule is O=C(C1CCC1)N1C[C@H]2c3nc(Nc4ccccc4)ncc3CS(=O)(=O)[C@H]2C1. The number of anilines is 2. The molecule has 1 saturated carbocycles. The Morgan fingerprint density at radius 2 is 1.93 bits per heavy atom. The normalized spacial score (nSPS) is 25.5. The maximum absolute atomic E-state index is 12.8.